The number of rotatable bonds is 4. The monoisotopic (exact) mass is 381 g/mol. The Kier molecular flexibility index (Phi) is 4.92. The van der Waals surface area contributed by atoms with Crippen LogP contribution in [0.4, 0.5) is 10.1 Å². The summed E-state index contributed by atoms with van der Waals surface area (Å²) in [4.78, 5) is 28.5. The highest BCUT2D eigenvalue weighted by Crippen LogP contribution is 2.17. The quantitative estimate of drug-likeness (QED) is 0.745. The number of amides is 2. The summed E-state index contributed by atoms with van der Waals surface area (Å²) in [5, 5.41) is 6.84. The number of carbonyl (C=O) groups is 2. The van der Waals surface area contributed by atoms with Crippen LogP contribution in [0.15, 0.2) is 54.7 Å². The molecule has 1 aliphatic rings. The van der Waals surface area contributed by atoms with Gasteiger partial charge < -0.3 is 15.1 Å². The molecule has 0 spiro atoms. The molecule has 8 heteroatoms. The van der Waals surface area contributed by atoms with E-state index in [2.05, 4.69) is 15.3 Å². The molecule has 1 saturated heterocycles. The number of fused-ring (bicyclic) bond motifs is 1. The normalized spacial score (nSPS) is 14.3. The maximum atomic E-state index is 13.0. The van der Waals surface area contributed by atoms with Crippen molar-refractivity contribution in [2.24, 2.45) is 0 Å². The molecule has 3 heterocycles. The summed E-state index contributed by atoms with van der Waals surface area (Å²) < 4.78 is 14.7. The van der Waals surface area contributed by atoms with Crippen molar-refractivity contribution in [1.29, 1.82) is 0 Å². The fourth-order valence-corrected chi connectivity index (χ4v) is 3.27. The summed E-state index contributed by atoms with van der Waals surface area (Å²) in [5.41, 5.74) is 2.03. The predicted octanol–water partition coefficient (Wildman–Crippen LogP) is 1.55. The summed E-state index contributed by atoms with van der Waals surface area (Å²) in [6.07, 6.45) is 1.76. The molecule has 0 saturated carbocycles. The Labute approximate surface area is 161 Å². The number of aromatic nitrogens is 2. The van der Waals surface area contributed by atoms with Gasteiger partial charge in [-0.1, -0.05) is 6.07 Å². The second-order valence-electron chi connectivity index (χ2n) is 6.63. The second-order valence-corrected chi connectivity index (χ2v) is 6.63. The van der Waals surface area contributed by atoms with Crippen molar-refractivity contribution in [3.8, 4) is 0 Å². The first-order valence-electron chi connectivity index (χ1n) is 9.11. The molecule has 1 aliphatic heterocycles. The first-order chi connectivity index (χ1) is 13.6. The number of hydrogen-bond acceptors (Lipinski definition) is 4. The van der Waals surface area contributed by atoms with E-state index in [1.165, 1.54) is 12.1 Å². The van der Waals surface area contributed by atoms with Gasteiger partial charge in [0.15, 0.2) is 5.69 Å². The van der Waals surface area contributed by atoms with E-state index < -0.39 is 0 Å². The molecule has 0 radical (unpaired) electrons. The van der Waals surface area contributed by atoms with Gasteiger partial charge in [-0.3, -0.25) is 9.59 Å². The molecule has 7 nitrogen and oxygen atoms in total. The lowest BCUT2D eigenvalue weighted by molar-refractivity contribution is -0.130. The van der Waals surface area contributed by atoms with Crippen LogP contribution in [0.3, 0.4) is 0 Å². The maximum Gasteiger partial charge on any atom is 0.272 e. The van der Waals surface area contributed by atoms with E-state index in [0.29, 0.717) is 26.2 Å². The number of piperazine rings is 1. The van der Waals surface area contributed by atoms with Crippen molar-refractivity contribution in [2.45, 2.75) is 0 Å². The number of hydrogen-bond donors (Lipinski definition) is 1. The molecule has 1 N–H and O–H groups in total. The van der Waals surface area contributed by atoms with Crippen LogP contribution in [0, 0.1) is 5.82 Å². The van der Waals surface area contributed by atoms with E-state index in [1.807, 2.05) is 18.2 Å². The molecule has 1 aromatic carbocycles. The van der Waals surface area contributed by atoms with E-state index in [1.54, 1.807) is 33.8 Å². The Morgan fingerprint density at radius 1 is 1.04 bits per heavy atom. The smallest absolute Gasteiger partial charge is 0.272 e. The highest BCUT2D eigenvalue weighted by Gasteiger charge is 2.22. The molecule has 0 atom stereocenters. The molecule has 3 aromatic rings. The minimum absolute atomic E-state index is 0.0662. The number of benzene rings is 1. The fraction of sp³-hybridized carbons (Fsp3) is 0.250. The van der Waals surface area contributed by atoms with Crippen LogP contribution in [0.1, 0.15) is 10.5 Å². The van der Waals surface area contributed by atoms with E-state index >= 15 is 0 Å². The van der Waals surface area contributed by atoms with Crippen LogP contribution >= 0.6 is 0 Å². The molecule has 1 fully saturated rings. The van der Waals surface area contributed by atoms with E-state index in [0.717, 1.165) is 11.2 Å². The predicted molar refractivity (Wildman–Crippen MR) is 103 cm³/mol. The van der Waals surface area contributed by atoms with Gasteiger partial charge >= 0.3 is 0 Å². The minimum atomic E-state index is -0.373. The molecule has 0 bridgehead atoms. The topological polar surface area (TPSA) is 70.0 Å². The number of carbonyl (C=O) groups excluding carboxylic acids is 2. The Bertz CT molecular complexity index is 960. The lowest BCUT2D eigenvalue weighted by Crippen LogP contribution is -2.51. The first-order valence-corrected chi connectivity index (χ1v) is 9.11. The Morgan fingerprint density at radius 3 is 2.50 bits per heavy atom. The summed E-state index contributed by atoms with van der Waals surface area (Å²) >= 11 is 0. The van der Waals surface area contributed by atoms with Gasteiger partial charge in [0, 0.05) is 38.1 Å². The van der Waals surface area contributed by atoms with Gasteiger partial charge in [0.1, 0.15) is 5.82 Å². The number of nitrogens with zero attached hydrogens (tertiary/aromatic N) is 4. The summed E-state index contributed by atoms with van der Waals surface area (Å²) in [6, 6.07) is 13.6. The molecular weight excluding hydrogens is 361 g/mol. The zero-order valence-electron chi connectivity index (χ0n) is 15.2. The van der Waals surface area contributed by atoms with Gasteiger partial charge in [-0.05, 0) is 42.5 Å². The molecule has 2 amide bonds. The van der Waals surface area contributed by atoms with E-state index in [9.17, 15) is 14.0 Å². The van der Waals surface area contributed by atoms with Crippen LogP contribution in [0.25, 0.3) is 5.52 Å². The lowest BCUT2D eigenvalue weighted by Gasteiger charge is -2.36. The highest BCUT2D eigenvalue weighted by molar-refractivity contribution is 5.95. The fourth-order valence-electron chi connectivity index (χ4n) is 3.27. The average Bonchev–Trinajstić information content (AvgIpc) is 3.17. The van der Waals surface area contributed by atoms with Crippen molar-refractivity contribution in [3.05, 3.63) is 66.2 Å². The molecule has 0 aliphatic carbocycles. The Balaban J connectivity index is 1.28. The number of halogens is 1. The van der Waals surface area contributed by atoms with Gasteiger partial charge in [0.05, 0.1) is 12.1 Å². The van der Waals surface area contributed by atoms with Gasteiger partial charge in [0.2, 0.25) is 5.91 Å². The van der Waals surface area contributed by atoms with Crippen LogP contribution in [0.2, 0.25) is 0 Å². The van der Waals surface area contributed by atoms with Gasteiger partial charge in [-0.25, -0.2) is 8.91 Å². The third-order valence-corrected chi connectivity index (χ3v) is 4.83. The van der Waals surface area contributed by atoms with Crippen LogP contribution < -0.4 is 10.2 Å². The lowest BCUT2D eigenvalue weighted by atomic mass is 10.2. The van der Waals surface area contributed by atoms with Gasteiger partial charge in [0.25, 0.3) is 5.91 Å². The van der Waals surface area contributed by atoms with Gasteiger partial charge in [-0.15, -0.1) is 0 Å². The van der Waals surface area contributed by atoms with Crippen molar-refractivity contribution >= 4 is 23.0 Å². The Hall–Kier alpha value is -3.42. The zero-order valence-corrected chi connectivity index (χ0v) is 15.2. The zero-order chi connectivity index (χ0) is 19.5. The van der Waals surface area contributed by atoms with Crippen molar-refractivity contribution < 1.29 is 14.0 Å². The number of pyridine rings is 1. The second kappa shape index (κ2) is 7.67. The SMILES string of the molecule is O=C(NCC(=O)N1CCN(c2ccc(F)cc2)CC1)c1cc2ccccn2n1. The summed E-state index contributed by atoms with van der Waals surface area (Å²) in [5.74, 6) is -0.767. The largest absolute Gasteiger partial charge is 0.368 e. The van der Waals surface area contributed by atoms with Crippen molar-refractivity contribution in [1.82, 2.24) is 19.8 Å². The van der Waals surface area contributed by atoms with Crippen molar-refractivity contribution in [2.75, 3.05) is 37.6 Å². The van der Waals surface area contributed by atoms with Gasteiger partial charge in [-0.2, -0.15) is 5.10 Å². The molecule has 28 heavy (non-hydrogen) atoms. The third-order valence-electron chi connectivity index (χ3n) is 4.83. The maximum absolute atomic E-state index is 13.0. The van der Waals surface area contributed by atoms with E-state index in [-0.39, 0.29) is 29.9 Å². The average molecular weight is 381 g/mol. The standard InChI is InChI=1S/C20H20FN5O2/c21-15-4-6-16(7-5-15)24-9-11-25(12-10-24)19(27)14-22-20(28)18-13-17-3-1-2-8-26(17)23-18/h1-8,13H,9-12,14H2,(H,22,28). The Morgan fingerprint density at radius 2 is 1.79 bits per heavy atom. The van der Waals surface area contributed by atoms with Crippen LogP contribution in [-0.2, 0) is 4.79 Å². The van der Waals surface area contributed by atoms with E-state index in [4.69, 9.17) is 0 Å². The van der Waals surface area contributed by atoms with Crippen molar-refractivity contribution in [3.63, 3.8) is 0 Å². The van der Waals surface area contributed by atoms with Crippen LogP contribution in [0.5, 0.6) is 0 Å². The molecule has 0 unspecified atom stereocenters. The minimum Gasteiger partial charge on any atom is -0.368 e. The third kappa shape index (κ3) is 3.80. The van der Waals surface area contributed by atoms with Crippen LogP contribution in [-0.4, -0.2) is 59.1 Å². The molecule has 144 valence electrons. The summed E-state index contributed by atoms with van der Waals surface area (Å²) in [6.45, 7) is 2.37. The summed E-state index contributed by atoms with van der Waals surface area (Å²) in [7, 11) is 0. The molecule has 2 aromatic heterocycles. The number of anilines is 1. The molecule has 4 rings (SSSR count). The highest BCUT2D eigenvalue weighted by atomic mass is 19.1. The molecular formula is C20H20FN5O2. The first kappa shape index (κ1) is 18.0. The number of nitrogens with one attached hydrogen (secondary N) is 1.